The summed E-state index contributed by atoms with van der Waals surface area (Å²) in [7, 11) is 0. The van der Waals surface area contributed by atoms with Crippen molar-refractivity contribution in [3.05, 3.63) is 47.5 Å². The van der Waals surface area contributed by atoms with Crippen molar-refractivity contribution in [2.24, 2.45) is 0 Å². The van der Waals surface area contributed by atoms with Crippen molar-refractivity contribution < 1.29 is 29.0 Å². The summed E-state index contributed by atoms with van der Waals surface area (Å²) in [4.78, 5) is 27.0. The standard InChI is InChI=1S/C18H40N2O.C14H8O5.2ClH/c1-5-11-19(12-6-2)15-9-17-21-18-10-16-20(13-7-3)14-8-4;15-13(16)7-1-3-11-9(5-7)10-6-8(14(17)18)2-4-12(10)19-11;;/h5-18H2,1-4H3;1-6H,(H,15,16)(H,17,18);2*1H. The van der Waals surface area contributed by atoms with Crippen LogP contribution in [0.5, 0.6) is 0 Å². The third-order valence-corrected chi connectivity index (χ3v) is 6.65. The highest BCUT2D eigenvalue weighted by molar-refractivity contribution is 6.09. The van der Waals surface area contributed by atoms with Gasteiger partial charge in [0.05, 0.1) is 11.1 Å². The predicted octanol–water partition coefficient (Wildman–Crippen LogP) is 7.85. The number of nitrogens with zero attached hydrogens (tertiary/aromatic N) is 2. The number of ether oxygens (including phenoxy) is 1. The van der Waals surface area contributed by atoms with Crippen molar-refractivity contribution in [2.45, 2.75) is 66.2 Å². The van der Waals surface area contributed by atoms with Crippen LogP contribution < -0.4 is 0 Å². The Morgan fingerprint density at radius 2 is 1.00 bits per heavy atom. The topological polar surface area (TPSA) is 103 Å². The number of aromatic carboxylic acids is 2. The second-order valence-corrected chi connectivity index (χ2v) is 10.1. The van der Waals surface area contributed by atoms with Crippen LogP contribution in [-0.2, 0) is 4.74 Å². The Morgan fingerprint density at radius 1 is 0.643 bits per heavy atom. The van der Waals surface area contributed by atoms with Gasteiger partial charge in [-0.1, -0.05) is 27.7 Å². The maximum atomic E-state index is 11.0. The Morgan fingerprint density at radius 3 is 1.31 bits per heavy atom. The van der Waals surface area contributed by atoms with Crippen LogP contribution in [0.4, 0.5) is 0 Å². The molecule has 1 aromatic heterocycles. The number of hydrogen-bond acceptors (Lipinski definition) is 6. The average molecular weight is 630 g/mol. The Hall–Kier alpha value is -2.36. The zero-order valence-electron chi connectivity index (χ0n) is 25.6. The lowest BCUT2D eigenvalue weighted by Crippen LogP contribution is -2.28. The number of carbonyl (C=O) groups is 2. The Labute approximate surface area is 263 Å². The molecule has 0 saturated carbocycles. The summed E-state index contributed by atoms with van der Waals surface area (Å²) in [6.45, 7) is 18.2. The molecule has 0 unspecified atom stereocenters. The van der Waals surface area contributed by atoms with Crippen molar-refractivity contribution in [1.29, 1.82) is 0 Å². The summed E-state index contributed by atoms with van der Waals surface area (Å²) in [5, 5.41) is 19.1. The van der Waals surface area contributed by atoms with Crippen LogP contribution in [0.2, 0.25) is 0 Å². The van der Waals surface area contributed by atoms with Crippen LogP contribution in [-0.4, -0.2) is 84.4 Å². The highest BCUT2D eigenvalue weighted by atomic mass is 35.5. The van der Waals surface area contributed by atoms with E-state index in [1.54, 1.807) is 12.1 Å². The van der Waals surface area contributed by atoms with Crippen LogP contribution in [0.25, 0.3) is 21.9 Å². The van der Waals surface area contributed by atoms with Crippen LogP contribution >= 0.6 is 24.8 Å². The molecule has 238 valence electrons. The summed E-state index contributed by atoms with van der Waals surface area (Å²) < 4.78 is 11.3. The van der Waals surface area contributed by atoms with E-state index in [1.807, 2.05) is 0 Å². The minimum Gasteiger partial charge on any atom is -0.478 e. The molecule has 8 nitrogen and oxygen atoms in total. The van der Waals surface area contributed by atoms with Gasteiger partial charge in [-0.05, 0) is 101 Å². The highest BCUT2D eigenvalue weighted by Crippen LogP contribution is 2.30. The second kappa shape index (κ2) is 22.2. The molecule has 3 aromatic rings. The fraction of sp³-hybridized carbons (Fsp3) is 0.562. The van der Waals surface area contributed by atoms with E-state index in [4.69, 9.17) is 19.4 Å². The fourth-order valence-electron chi connectivity index (χ4n) is 4.86. The van der Waals surface area contributed by atoms with Crippen molar-refractivity contribution in [1.82, 2.24) is 9.80 Å². The molecule has 0 atom stereocenters. The van der Waals surface area contributed by atoms with Gasteiger partial charge in [0.25, 0.3) is 0 Å². The van der Waals surface area contributed by atoms with E-state index < -0.39 is 11.9 Å². The van der Waals surface area contributed by atoms with E-state index in [1.165, 1.54) is 102 Å². The normalized spacial score (nSPS) is 10.8. The molecule has 1 heterocycles. The second-order valence-electron chi connectivity index (χ2n) is 10.1. The molecule has 3 rings (SSSR count). The molecule has 10 heteroatoms. The first-order valence-corrected chi connectivity index (χ1v) is 14.8. The predicted molar refractivity (Wildman–Crippen MR) is 176 cm³/mol. The molecule has 42 heavy (non-hydrogen) atoms. The van der Waals surface area contributed by atoms with Gasteiger partial charge in [-0.2, -0.15) is 0 Å². The fourth-order valence-corrected chi connectivity index (χ4v) is 4.86. The molecule has 0 bridgehead atoms. The average Bonchev–Trinajstić information content (AvgIpc) is 3.30. The van der Waals surface area contributed by atoms with Gasteiger partial charge in [0, 0.05) is 37.1 Å². The van der Waals surface area contributed by atoms with Gasteiger partial charge in [0.2, 0.25) is 0 Å². The Bertz CT molecular complexity index is 1090. The molecule has 0 fully saturated rings. The molecular formula is C32H50Cl2N2O6. The smallest absolute Gasteiger partial charge is 0.335 e. The zero-order valence-corrected chi connectivity index (χ0v) is 27.2. The highest BCUT2D eigenvalue weighted by Gasteiger charge is 2.13. The van der Waals surface area contributed by atoms with Gasteiger partial charge in [-0.25, -0.2) is 9.59 Å². The first-order chi connectivity index (χ1) is 19.3. The molecule has 2 N–H and O–H groups in total. The van der Waals surface area contributed by atoms with Crippen LogP contribution in [0.3, 0.4) is 0 Å². The Balaban J connectivity index is 0.000000765. The first kappa shape index (κ1) is 39.6. The van der Waals surface area contributed by atoms with Crippen molar-refractivity contribution in [2.75, 3.05) is 52.5 Å². The van der Waals surface area contributed by atoms with Crippen molar-refractivity contribution in [3.63, 3.8) is 0 Å². The monoisotopic (exact) mass is 628 g/mol. The molecule has 2 aromatic carbocycles. The number of halogens is 2. The lowest BCUT2D eigenvalue weighted by atomic mass is 10.1. The minimum atomic E-state index is -1.04. The molecule has 0 aliphatic carbocycles. The van der Waals surface area contributed by atoms with E-state index in [2.05, 4.69) is 37.5 Å². The van der Waals surface area contributed by atoms with Gasteiger partial charge in [0.1, 0.15) is 11.2 Å². The number of carboxylic acid groups (broad SMARTS) is 2. The summed E-state index contributed by atoms with van der Waals surface area (Å²) >= 11 is 0. The maximum Gasteiger partial charge on any atom is 0.335 e. The number of fused-ring (bicyclic) bond motifs is 3. The van der Waals surface area contributed by atoms with E-state index in [0.29, 0.717) is 21.9 Å². The van der Waals surface area contributed by atoms with Gasteiger partial charge < -0.3 is 29.2 Å². The largest absolute Gasteiger partial charge is 0.478 e. The molecule has 0 aliphatic rings. The van der Waals surface area contributed by atoms with Gasteiger partial charge >= 0.3 is 11.9 Å². The third-order valence-electron chi connectivity index (χ3n) is 6.65. The lowest BCUT2D eigenvalue weighted by Gasteiger charge is -2.21. The molecule has 0 radical (unpaired) electrons. The molecule has 0 saturated heterocycles. The third kappa shape index (κ3) is 13.3. The van der Waals surface area contributed by atoms with Gasteiger partial charge in [-0.15, -0.1) is 24.8 Å². The minimum absolute atomic E-state index is 0. The quantitative estimate of drug-likeness (QED) is 0.137. The molecule has 0 spiro atoms. The number of benzene rings is 2. The summed E-state index contributed by atoms with van der Waals surface area (Å²) in [5.74, 6) is -2.07. The van der Waals surface area contributed by atoms with Crippen LogP contribution in [0.15, 0.2) is 40.8 Å². The number of furan rings is 1. The summed E-state index contributed by atoms with van der Waals surface area (Å²) in [6.07, 6.45) is 7.37. The van der Waals surface area contributed by atoms with Crippen LogP contribution in [0.1, 0.15) is 86.9 Å². The SMILES string of the molecule is CCCN(CCC)CCCOCCCN(CCC)CCC.Cl.Cl.O=C(O)c1ccc2oc3ccc(C(=O)O)cc3c2c1. The Kier molecular flexibility index (Phi) is 21.0. The molecule has 0 amide bonds. The van der Waals surface area contributed by atoms with E-state index in [-0.39, 0.29) is 35.9 Å². The number of carboxylic acids is 2. The molecule has 0 aliphatic heterocycles. The number of hydrogen-bond donors (Lipinski definition) is 2. The maximum absolute atomic E-state index is 11.0. The first-order valence-electron chi connectivity index (χ1n) is 14.8. The summed E-state index contributed by atoms with van der Waals surface area (Å²) in [6, 6.07) is 9.00. The van der Waals surface area contributed by atoms with Gasteiger partial charge in [-0.3, -0.25) is 0 Å². The number of rotatable bonds is 18. The summed E-state index contributed by atoms with van der Waals surface area (Å²) in [5.41, 5.74) is 1.33. The zero-order chi connectivity index (χ0) is 29.3. The van der Waals surface area contributed by atoms with Crippen molar-refractivity contribution in [3.8, 4) is 0 Å². The van der Waals surface area contributed by atoms with Gasteiger partial charge in [0.15, 0.2) is 0 Å². The van der Waals surface area contributed by atoms with E-state index in [9.17, 15) is 9.59 Å². The van der Waals surface area contributed by atoms with Crippen molar-refractivity contribution >= 4 is 58.7 Å². The lowest BCUT2D eigenvalue weighted by molar-refractivity contribution is 0.0686. The molecular weight excluding hydrogens is 579 g/mol. The van der Waals surface area contributed by atoms with E-state index in [0.717, 1.165) is 13.2 Å². The van der Waals surface area contributed by atoms with E-state index >= 15 is 0 Å². The van der Waals surface area contributed by atoms with Crippen LogP contribution in [0, 0.1) is 0 Å².